The predicted molar refractivity (Wildman–Crippen MR) is 140 cm³/mol. The summed E-state index contributed by atoms with van der Waals surface area (Å²) in [6, 6.07) is 15.1. The molecule has 1 N–H and O–H groups in total. The van der Waals surface area contributed by atoms with Crippen LogP contribution in [0, 0.1) is 5.82 Å². The standard InChI is InChI=1S/C29H31FN2O6/c1-6-37-27(34)24-12-8-11-20(31-24)16-23(26(33)18-9-7-10-19(30)15-18)22-14-13-21(36-5)17-25(22)32-28(35)38-29(2,3)4/h7-15,17,23H,6,16H2,1-5H3,(H,32,35). The van der Waals surface area contributed by atoms with Crippen LogP contribution in [-0.4, -0.2) is 42.1 Å². The Morgan fingerprint density at radius 3 is 2.42 bits per heavy atom. The molecule has 38 heavy (non-hydrogen) atoms. The molecule has 9 heteroatoms. The topological polar surface area (TPSA) is 104 Å². The molecule has 0 aliphatic rings. The monoisotopic (exact) mass is 522 g/mol. The zero-order valence-corrected chi connectivity index (χ0v) is 22.0. The van der Waals surface area contributed by atoms with Crippen LogP contribution >= 0.6 is 0 Å². The molecule has 0 aliphatic heterocycles. The molecule has 0 saturated heterocycles. The number of pyridine rings is 1. The third kappa shape index (κ3) is 7.61. The number of ketones is 1. The Bertz CT molecular complexity index is 1320. The molecule has 2 aromatic carbocycles. The van der Waals surface area contributed by atoms with Crippen molar-refractivity contribution in [2.45, 2.75) is 45.6 Å². The summed E-state index contributed by atoms with van der Waals surface area (Å²) in [5.41, 5.74) is 0.657. The second-order valence-corrected chi connectivity index (χ2v) is 9.45. The van der Waals surface area contributed by atoms with E-state index in [0.717, 1.165) is 6.07 Å². The van der Waals surface area contributed by atoms with Crippen LogP contribution in [0.2, 0.25) is 0 Å². The minimum atomic E-state index is -0.905. The van der Waals surface area contributed by atoms with Crippen molar-refractivity contribution in [1.29, 1.82) is 0 Å². The Balaban J connectivity index is 2.09. The minimum absolute atomic E-state index is 0.0535. The summed E-state index contributed by atoms with van der Waals surface area (Å²) in [4.78, 5) is 43.1. The van der Waals surface area contributed by atoms with Crippen LogP contribution in [0.3, 0.4) is 0 Å². The van der Waals surface area contributed by atoms with Gasteiger partial charge in [0.2, 0.25) is 0 Å². The SMILES string of the molecule is CCOC(=O)c1cccc(CC(C(=O)c2cccc(F)c2)c2ccc(OC)cc2NC(=O)OC(C)(C)C)n1. The summed E-state index contributed by atoms with van der Waals surface area (Å²) in [5, 5.41) is 2.71. The van der Waals surface area contributed by atoms with E-state index in [4.69, 9.17) is 14.2 Å². The van der Waals surface area contributed by atoms with Gasteiger partial charge in [-0.3, -0.25) is 10.1 Å². The number of methoxy groups -OCH3 is 1. The number of halogens is 1. The molecule has 0 bridgehead atoms. The highest BCUT2D eigenvalue weighted by molar-refractivity contribution is 6.02. The number of Topliss-reactive ketones (excluding diaryl/α,β-unsaturated/α-hetero) is 1. The number of carbonyl (C=O) groups is 3. The first-order chi connectivity index (χ1) is 18.0. The zero-order valence-electron chi connectivity index (χ0n) is 22.0. The van der Waals surface area contributed by atoms with Gasteiger partial charge in [0.1, 0.15) is 22.9 Å². The van der Waals surface area contributed by atoms with E-state index < -0.39 is 35.2 Å². The number of rotatable bonds is 9. The third-order valence-electron chi connectivity index (χ3n) is 5.40. The molecule has 1 heterocycles. The lowest BCUT2D eigenvalue weighted by molar-refractivity contribution is 0.0518. The summed E-state index contributed by atoms with van der Waals surface area (Å²) in [6.07, 6.45) is -0.663. The molecule has 0 saturated carbocycles. The Hall–Kier alpha value is -4.27. The number of benzene rings is 2. The molecule has 1 amide bonds. The van der Waals surface area contributed by atoms with Crippen LogP contribution in [0.15, 0.2) is 60.7 Å². The molecule has 8 nitrogen and oxygen atoms in total. The molecule has 1 aromatic heterocycles. The van der Waals surface area contributed by atoms with Crippen molar-refractivity contribution in [2.75, 3.05) is 19.0 Å². The van der Waals surface area contributed by atoms with Crippen molar-refractivity contribution in [3.63, 3.8) is 0 Å². The summed E-state index contributed by atoms with van der Waals surface area (Å²) in [6.45, 7) is 7.09. The van der Waals surface area contributed by atoms with E-state index in [1.165, 1.54) is 31.4 Å². The van der Waals surface area contributed by atoms with Crippen molar-refractivity contribution in [2.24, 2.45) is 0 Å². The molecule has 0 fully saturated rings. The van der Waals surface area contributed by atoms with Gasteiger partial charge < -0.3 is 14.2 Å². The van der Waals surface area contributed by atoms with Crippen LogP contribution in [-0.2, 0) is 15.9 Å². The molecule has 0 spiro atoms. The third-order valence-corrected chi connectivity index (χ3v) is 5.40. The second-order valence-electron chi connectivity index (χ2n) is 9.45. The maximum atomic E-state index is 14.0. The summed E-state index contributed by atoms with van der Waals surface area (Å²) in [7, 11) is 1.48. The molecular formula is C29H31FN2O6. The smallest absolute Gasteiger partial charge is 0.412 e. The Morgan fingerprint density at radius 1 is 1.03 bits per heavy atom. The number of aromatic nitrogens is 1. The van der Waals surface area contributed by atoms with Gasteiger partial charge in [0, 0.05) is 23.7 Å². The first-order valence-corrected chi connectivity index (χ1v) is 12.1. The number of esters is 1. The largest absolute Gasteiger partial charge is 0.497 e. The average Bonchev–Trinajstić information content (AvgIpc) is 2.86. The van der Waals surface area contributed by atoms with Gasteiger partial charge in [-0.15, -0.1) is 0 Å². The lowest BCUT2D eigenvalue weighted by Gasteiger charge is -2.23. The Kier molecular flexibility index (Phi) is 9.17. The van der Waals surface area contributed by atoms with E-state index in [0.29, 0.717) is 17.0 Å². The number of amides is 1. The maximum absolute atomic E-state index is 14.0. The van der Waals surface area contributed by atoms with E-state index in [9.17, 15) is 18.8 Å². The average molecular weight is 523 g/mol. The number of hydrogen-bond donors (Lipinski definition) is 1. The van der Waals surface area contributed by atoms with Gasteiger partial charge in [0.25, 0.3) is 0 Å². The highest BCUT2D eigenvalue weighted by Crippen LogP contribution is 2.34. The number of carbonyl (C=O) groups excluding carboxylic acids is 3. The van der Waals surface area contributed by atoms with Gasteiger partial charge in [0.15, 0.2) is 5.78 Å². The van der Waals surface area contributed by atoms with E-state index >= 15 is 0 Å². The molecular weight excluding hydrogens is 491 g/mol. The zero-order chi connectivity index (χ0) is 27.9. The van der Waals surface area contributed by atoms with Crippen LogP contribution in [0.4, 0.5) is 14.9 Å². The lowest BCUT2D eigenvalue weighted by atomic mass is 9.85. The van der Waals surface area contributed by atoms with Crippen LogP contribution < -0.4 is 10.1 Å². The molecule has 0 radical (unpaired) electrons. The van der Waals surface area contributed by atoms with Crippen LogP contribution in [0.1, 0.15) is 65.7 Å². The summed E-state index contributed by atoms with van der Waals surface area (Å²) < 4.78 is 29.8. The number of nitrogens with one attached hydrogen (secondary N) is 1. The van der Waals surface area contributed by atoms with Crippen molar-refractivity contribution in [3.8, 4) is 5.75 Å². The molecule has 3 aromatic rings. The van der Waals surface area contributed by atoms with E-state index in [1.807, 2.05) is 0 Å². The van der Waals surface area contributed by atoms with Gasteiger partial charge in [-0.1, -0.05) is 24.3 Å². The van der Waals surface area contributed by atoms with Gasteiger partial charge >= 0.3 is 12.1 Å². The minimum Gasteiger partial charge on any atom is -0.497 e. The normalized spacial score (nSPS) is 11.8. The molecule has 200 valence electrons. The van der Waals surface area contributed by atoms with Gasteiger partial charge in [-0.05, 0) is 63.6 Å². The van der Waals surface area contributed by atoms with Gasteiger partial charge in [0.05, 0.1) is 25.3 Å². The van der Waals surface area contributed by atoms with E-state index in [2.05, 4.69) is 10.3 Å². The van der Waals surface area contributed by atoms with Gasteiger partial charge in [-0.25, -0.2) is 19.0 Å². The Labute approximate surface area is 221 Å². The summed E-state index contributed by atoms with van der Waals surface area (Å²) >= 11 is 0. The van der Waals surface area contributed by atoms with Crippen LogP contribution in [0.25, 0.3) is 0 Å². The summed E-state index contributed by atoms with van der Waals surface area (Å²) in [5.74, 6) is -2.00. The lowest BCUT2D eigenvalue weighted by Crippen LogP contribution is -2.28. The number of hydrogen-bond acceptors (Lipinski definition) is 7. The molecule has 0 aliphatic carbocycles. The van der Waals surface area contributed by atoms with Crippen molar-refractivity contribution < 1.29 is 33.0 Å². The van der Waals surface area contributed by atoms with E-state index in [-0.39, 0.29) is 30.0 Å². The van der Waals surface area contributed by atoms with Crippen molar-refractivity contribution in [3.05, 3.63) is 89.0 Å². The molecule has 1 atom stereocenters. The van der Waals surface area contributed by atoms with Gasteiger partial charge in [-0.2, -0.15) is 0 Å². The fourth-order valence-corrected chi connectivity index (χ4v) is 3.80. The number of ether oxygens (including phenoxy) is 3. The molecule has 3 rings (SSSR count). The van der Waals surface area contributed by atoms with Crippen LogP contribution in [0.5, 0.6) is 5.75 Å². The first kappa shape index (κ1) is 28.3. The maximum Gasteiger partial charge on any atom is 0.412 e. The van der Waals surface area contributed by atoms with E-state index in [1.54, 1.807) is 58.0 Å². The fourth-order valence-electron chi connectivity index (χ4n) is 3.80. The van der Waals surface area contributed by atoms with Crippen molar-refractivity contribution in [1.82, 2.24) is 4.98 Å². The highest BCUT2D eigenvalue weighted by Gasteiger charge is 2.28. The fraction of sp³-hybridized carbons (Fsp3) is 0.310. The second kappa shape index (κ2) is 12.3. The van der Waals surface area contributed by atoms with Crippen molar-refractivity contribution >= 4 is 23.5 Å². The first-order valence-electron chi connectivity index (χ1n) is 12.1. The quantitative estimate of drug-likeness (QED) is 0.273. The predicted octanol–water partition coefficient (Wildman–Crippen LogP) is 5.96. The molecule has 1 unspecified atom stereocenters. The number of nitrogens with zero attached hydrogens (tertiary/aromatic N) is 1. The Morgan fingerprint density at radius 2 is 1.76 bits per heavy atom. The number of anilines is 1. The highest BCUT2D eigenvalue weighted by atomic mass is 19.1.